The molecule has 0 aliphatic heterocycles. The van der Waals surface area contributed by atoms with Crippen LogP contribution in [0.2, 0.25) is 0 Å². The number of hydrogen-bond donors (Lipinski definition) is 7. The highest BCUT2D eigenvalue weighted by Gasteiger charge is 2.01. The summed E-state index contributed by atoms with van der Waals surface area (Å²) in [4.78, 5) is 2.10. The Bertz CT molecular complexity index is 172. The molecule has 0 bridgehead atoms. The van der Waals surface area contributed by atoms with Gasteiger partial charge in [-0.05, 0) is 77.7 Å². The second-order valence-corrected chi connectivity index (χ2v) is 6.39. The lowest BCUT2D eigenvalue weighted by atomic mass is 10.2. The molecule has 0 aliphatic carbocycles. The van der Waals surface area contributed by atoms with Gasteiger partial charge in [0.05, 0.1) is 0 Å². The third kappa shape index (κ3) is 25.8. The molecule has 0 saturated carbocycles. The van der Waals surface area contributed by atoms with E-state index >= 15 is 0 Å². The fourth-order valence-electron chi connectivity index (χ4n) is 1.22. The zero-order valence-electron chi connectivity index (χ0n) is 14.8. The number of nitrogens with one attached hydrogen (secondary N) is 2. The second kappa shape index (κ2) is 24.1. The van der Waals surface area contributed by atoms with Crippen molar-refractivity contribution >= 4 is 37.9 Å². The van der Waals surface area contributed by atoms with Crippen molar-refractivity contribution in [1.82, 2.24) is 15.5 Å². The highest BCUT2D eigenvalue weighted by molar-refractivity contribution is 7.80. The Balaban J connectivity index is -0.000000252. The van der Waals surface area contributed by atoms with Crippen molar-refractivity contribution in [2.75, 3.05) is 78.2 Å². The van der Waals surface area contributed by atoms with E-state index in [0.717, 1.165) is 36.9 Å². The molecule has 0 aliphatic rings. The fourth-order valence-corrected chi connectivity index (χ4v) is 2.18. The van der Waals surface area contributed by atoms with E-state index in [0.29, 0.717) is 24.9 Å². The molecule has 0 rings (SSSR count). The molecule has 0 atom stereocenters. The quantitative estimate of drug-likeness (QED) is 0.272. The van der Waals surface area contributed by atoms with Gasteiger partial charge in [-0.2, -0.15) is 37.9 Å². The minimum Gasteiger partial charge on any atom is -0.330 e. The van der Waals surface area contributed by atoms with Crippen LogP contribution < -0.4 is 22.1 Å². The van der Waals surface area contributed by atoms with E-state index < -0.39 is 0 Å². The summed E-state index contributed by atoms with van der Waals surface area (Å²) in [5.41, 5.74) is 10.5. The maximum Gasteiger partial charge on any atom is 0.00637 e. The van der Waals surface area contributed by atoms with Gasteiger partial charge in [0, 0.05) is 12.3 Å². The third-order valence-electron chi connectivity index (χ3n) is 2.72. The molecule has 0 amide bonds. The minimum absolute atomic E-state index is 0.406. The van der Waals surface area contributed by atoms with Crippen LogP contribution in [0.25, 0.3) is 0 Å². The molecule has 138 valence electrons. The van der Waals surface area contributed by atoms with Gasteiger partial charge in [0.25, 0.3) is 0 Å². The highest BCUT2D eigenvalue weighted by atomic mass is 32.1. The SMILES string of the molecule is CN(C)CCS.CNCC(CS)CNC.NCC(CN)CS. The Morgan fingerprint density at radius 1 is 0.864 bits per heavy atom. The Hall–Kier alpha value is 0.850. The van der Waals surface area contributed by atoms with Gasteiger partial charge in [0.2, 0.25) is 0 Å². The van der Waals surface area contributed by atoms with Gasteiger partial charge in [-0.25, -0.2) is 0 Å². The van der Waals surface area contributed by atoms with Crippen molar-refractivity contribution in [1.29, 1.82) is 0 Å². The smallest absolute Gasteiger partial charge is 0.00637 e. The molecule has 8 heteroatoms. The summed E-state index contributed by atoms with van der Waals surface area (Å²) in [7, 11) is 8.00. The second-order valence-electron chi connectivity index (χ2n) is 5.21. The number of nitrogens with two attached hydrogens (primary N) is 2. The lowest BCUT2D eigenvalue weighted by Gasteiger charge is -2.11. The Morgan fingerprint density at radius 3 is 1.36 bits per heavy atom. The van der Waals surface area contributed by atoms with Crippen molar-refractivity contribution < 1.29 is 0 Å². The molecular formula is C14H39N5S3. The first-order chi connectivity index (χ1) is 10.5. The normalized spacial score (nSPS) is 10.4. The number of thiol groups is 3. The topological polar surface area (TPSA) is 79.3 Å². The van der Waals surface area contributed by atoms with Gasteiger partial charge in [0.1, 0.15) is 0 Å². The maximum absolute atomic E-state index is 5.26. The van der Waals surface area contributed by atoms with E-state index in [1.807, 2.05) is 28.2 Å². The summed E-state index contributed by atoms with van der Waals surface area (Å²) in [6, 6.07) is 0. The summed E-state index contributed by atoms with van der Waals surface area (Å²) in [6.45, 7) is 4.47. The van der Waals surface area contributed by atoms with E-state index in [4.69, 9.17) is 11.5 Å². The zero-order valence-corrected chi connectivity index (χ0v) is 17.4. The number of nitrogens with zero attached hydrogens (tertiary/aromatic N) is 1. The Kier molecular flexibility index (Phi) is 30.3. The molecule has 0 heterocycles. The lowest BCUT2D eigenvalue weighted by molar-refractivity contribution is 0.438. The average molecular weight is 374 g/mol. The van der Waals surface area contributed by atoms with Crippen LogP contribution in [0.15, 0.2) is 0 Å². The number of hydrogen-bond acceptors (Lipinski definition) is 8. The van der Waals surface area contributed by atoms with Crippen LogP contribution >= 0.6 is 37.9 Å². The molecule has 0 unspecified atom stereocenters. The zero-order chi connectivity index (χ0) is 17.8. The minimum atomic E-state index is 0.406. The van der Waals surface area contributed by atoms with E-state index in [1.54, 1.807) is 0 Å². The summed E-state index contributed by atoms with van der Waals surface area (Å²) in [5.74, 6) is 3.76. The highest BCUT2D eigenvalue weighted by Crippen LogP contribution is 1.94. The molecule has 0 aromatic rings. The van der Waals surface area contributed by atoms with Gasteiger partial charge in [-0.15, -0.1) is 0 Å². The predicted octanol–water partition coefficient (Wildman–Crippen LogP) is -0.101. The fraction of sp³-hybridized carbons (Fsp3) is 1.00. The van der Waals surface area contributed by atoms with E-state index in [2.05, 4.69) is 53.4 Å². The maximum atomic E-state index is 5.26. The standard InChI is InChI=1S/C6H16N2S.C4H12N2S.C4H11NS/c1-7-3-6(5-9)4-8-2;5-1-4(2-6)3-7;1-5(2)3-4-6/h6-9H,3-5H2,1-2H3;4,7H,1-3,5-6H2;6H,3-4H2,1-2H3. The molecule has 0 aromatic carbocycles. The molecule has 22 heavy (non-hydrogen) atoms. The largest absolute Gasteiger partial charge is 0.330 e. The average Bonchev–Trinajstić information content (AvgIpc) is 2.50. The molecule has 0 spiro atoms. The number of rotatable bonds is 10. The molecular weight excluding hydrogens is 334 g/mol. The molecule has 0 radical (unpaired) electrons. The van der Waals surface area contributed by atoms with E-state index in [9.17, 15) is 0 Å². The van der Waals surface area contributed by atoms with Crippen molar-refractivity contribution in [3.8, 4) is 0 Å². The van der Waals surface area contributed by atoms with Crippen molar-refractivity contribution in [3.63, 3.8) is 0 Å². The van der Waals surface area contributed by atoms with E-state index in [1.165, 1.54) is 0 Å². The first-order valence-electron chi connectivity index (χ1n) is 7.63. The molecule has 5 nitrogen and oxygen atoms in total. The molecule has 0 aromatic heterocycles. The Labute approximate surface area is 154 Å². The summed E-state index contributed by atoms with van der Waals surface area (Å²) >= 11 is 12.2. The molecule has 0 saturated heterocycles. The monoisotopic (exact) mass is 373 g/mol. The van der Waals surface area contributed by atoms with Gasteiger partial charge < -0.3 is 27.0 Å². The Morgan fingerprint density at radius 2 is 1.27 bits per heavy atom. The van der Waals surface area contributed by atoms with Crippen molar-refractivity contribution in [2.24, 2.45) is 23.3 Å². The van der Waals surface area contributed by atoms with Gasteiger partial charge >= 0.3 is 0 Å². The molecule has 0 fully saturated rings. The predicted molar refractivity (Wildman–Crippen MR) is 113 cm³/mol. The van der Waals surface area contributed by atoms with Crippen LogP contribution in [0.4, 0.5) is 0 Å². The van der Waals surface area contributed by atoms with Crippen LogP contribution in [-0.2, 0) is 0 Å². The van der Waals surface area contributed by atoms with E-state index in [-0.39, 0.29) is 0 Å². The van der Waals surface area contributed by atoms with Crippen LogP contribution in [0.5, 0.6) is 0 Å². The van der Waals surface area contributed by atoms with Crippen LogP contribution in [0.3, 0.4) is 0 Å². The van der Waals surface area contributed by atoms with Crippen LogP contribution in [0, 0.1) is 11.8 Å². The first-order valence-corrected chi connectivity index (χ1v) is 9.53. The third-order valence-corrected chi connectivity index (χ3v) is 3.95. The van der Waals surface area contributed by atoms with Crippen molar-refractivity contribution in [3.05, 3.63) is 0 Å². The van der Waals surface area contributed by atoms with Crippen LogP contribution in [0.1, 0.15) is 0 Å². The summed E-state index contributed by atoms with van der Waals surface area (Å²) < 4.78 is 0. The van der Waals surface area contributed by atoms with Gasteiger partial charge in [-0.3, -0.25) is 0 Å². The van der Waals surface area contributed by atoms with Gasteiger partial charge in [0.15, 0.2) is 0 Å². The molecule has 6 N–H and O–H groups in total. The summed E-state index contributed by atoms with van der Waals surface area (Å²) in [5, 5.41) is 6.23. The summed E-state index contributed by atoms with van der Waals surface area (Å²) in [6.07, 6.45) is 0. The lowest BCUT2D eigenvalue weighted by Crippen LogP contribution is -2.28. The van der Waals surface area contributed by atoms with Gasteiger partial charge in [-0.1, -0.05) is 0 Å². The van der Waals surface area contributed by atoms with Crippen molar-refractivity contribution in [2.45, 2.75) is 0 Å². The first kappa shape index (κ1) is 27.7. The van der Waals surface area contributed by atoms with Crippen LogP contribution in [-0.4, -0.2) is 83.1 Å².